The number of para-hydroxylation sites is 1. The lowest BCUT2D eigenvalue weighted by Crippen LogP contribution is -2.64. The fourth-order valence-electron chi connectivity index (χ4n) is 4.46. The lowest BCUT2D eigenvalue weighted by molar-refractivity contribution is -0.124. The Bertz CT molecular complexity index is 1050. The number of piperazine rings is 1. The van der Waals surface area contributed by atoms with Crippen molar-refractivity contribution in [1.82, 2.24) is 4.90 Å². The summed E-state index contributed by atoms with van der Waals surface area (Å²) in [5, 5.41) is 14.3. The third-order valence-electron chi connectivity index (χ3n) is 6.84. The molecule has 36 heavy (non-hydrogen) atoms. The monoisotopic (exact) mass is 516 g/mol. The van der Waals surface area contributed by atoms with E-state index >= 15 is 0 Å². The zero-order valence-electron chi connectivity index (χ0n) is 21.4. The van der Waals surface area contributed by atoms with E-state index in [1.165, 1.54) is 0 Å². The van der Waals surface area contributed by atoms with Crippen LogP contribution in [-0.2, 0) is 9.59 Å². The van der Waals surface area contributed by atoms with Crippen molar-refractivity contribution in [3.8, 4) is 5.75 Å². The van der Waals surface area contributed by atoms with Crippen molar-refractivity contribution >= 4 is 34.8 Å². The number of carbonyl (C=O) groups is 2. The summed E-state index contributed by atoms with van der Waals surface area (Å²) in [7, 11) is 1.58. The SMILES string of the molecule is CC[C@H](C[C@H](O)[C@@H](N)CN1CC(=O)N(c2ccccc2Cl)CC1(C)C)C(=O)Nc1ccc(OC)cc1. The van der Waals surface area contributed by atoms with Gasteiger partial charge in [0.25, 0.3) is 0 Å². The summed E-state index contributed by atoms with van der Waals surface area (Å²) in [5.41, 5.74) is 7.35. The second-order valence-corrected chi connectivity index (χ2v) is 10.3. The molecule has 3 rings (SSSR count). The van der Waals surface area contributed by atoms with E-state index in [9.17, 15) is 14.7 Å². The number of nitrogens with one attached hydrogen (secondary N) is 1. The van der Waals surface area contributed by atoms with Crippen LogP contribution in [-0.4, -0.2) is 66.2 Å². The van der Waals surface area contributed by atoms with Crippen molar-refractivity contribution in [2.45, 2.75) is 51.3 Å². The Morgan fingerprint density at radius 1 is 1.22 bits per heavy atom. The van der Waals surface area contributed by atoms with Crippen LogP contribution >= 0.6 is 11.6 Å². The molecule has 1 aliphatic heterocycles. The first-order valence-corrected chi connectivity index (χ1v) is 12.6. The summed E-state index contributed by atoms with van der Waals surface area (Å²) >= 11 is 6.33. The van der Waals surface area contributed by atoms with Gasteiger partial charge in [0.15, 0.2) is 0 Å². The zero-order valence-corrected chi connectivity index (χ0v) is 22.2. The number of amides is 2. The number of rotatable bonds is 10. The molecule has 4 N–H and O–H groups in total. The maximum absolute atomic E-state index is 13.0. The number of hydrogen-bond donors (Lipinski definition) is 3. The molecular weight excluding hydrogens is 480 g/mol. The summed E-state index contributed by atoms with van der Waals surface area (Å²) in [6.07, 6.45) is -0.107. The van der Waals surface area contributed by atoms with E-state index in [1.807, 2.05) is 43.9 Å². The number of anilines is 2. The van der Waals surface area contributed by atoms with Gasteiger partial charge in [-0.2, -0.15) is 0 Å². The second-order valence-electron chi connectivity index (χ2n) is 9.91. The predicted octanol–water partition coefficient (Wildman–Crippen LogP) is 3.52. The minimum Gasteiger partial charge on any atom is -0.497 e. The molecule has 1 saturated heterocycles. The van der Waals surface area contributed by atoms with Crippen LogP contribution in [0.4, 0.5) is 11.4 Å². The van der Waals surface area contributed by atoms with Gasteiger partial charge in [0.05, 0.1) is 30.5 Å². The molecule has 0 bridgehead atoms. The van der Waals surface area contributed by atoms with Crippen molar-refractivity contribution in [3.05, 3.63) is 53.6 Å². The summed E-state index contributed by atoms with van der Waals surface area (Å²) in [6, 6.07) is 13.8. The lowest BCUT2D eigenvalue weighted by Gasteiger charge is -2.47. The number of ether oxygens (including phenoxy) is 1. The summed E-state index contributed by atoms with van der Waals surface area (Å²) in [6.45, 7) is 6.92. The van der Waals surface area contributed by atoms with E-state index in [0.717, 1.165) is 0 Å². The Morgan fingerprint density at radius 2 is 1.89 bits per heavy atom. The van der Waals surface area contributed by atoms with E-state index in [1.54, 1.807) is 42.3 Å². The van der Waals surface area contributed by atoms with Gasteiger partial charge in [-0.05, 0) is 63.1 Å². The van der Waals surface area contributed by atoms with Gasteiger partial charge in [0.1, 0.15) is 5.75 Å². The predicted molar refractivity (Wildman–Crippen MR) is 143 cm³/mol. The molecule has 1 aliphatic rings. The van der Waals surface area contributed by atoms with Crippen LogP contribution in [0.3, 0.4) is 0 Å². The van der Waals surface area contributed by atoms with Gasteiger partial charge in [-0.25, -0.2) is 0 Å². The first-order chi connectivity index (χ1) is 17.1. The third-order valence-corrected chi connectivity index (χ3v) is 7.16. The van der Waals surface area contributed by atoms with Gasteiger partial charge in [-0.3, -0.25) is 14.5 Å². The Balaban J connectivity index is 1.59. The van der Waals surface area contributed by atoms with E-state index in [2.05, 4.69) is 5.32 Å². The molecule has 8 nitrogen and oxygen atoms in total. The first kappa shape index (κ1) is 27.9. The van der Waals surface area contributed by atoms with E-state index in [-0.39, 0.29) is 30.3 Å². The number of carbonyl (C=O) groups excluding carboxylic acids is 2. The van der Waals surface area contributed by atoms with Crippen LogP contribution in [0.25, 0.3) is 0 Å². The van der Waals surface area contributed by atoms with Gasteiger partial charge in [0.2, 0.25) is 11.8 Å². The molecule has 3 atom stereocenters. The van der Waals surface area contributed by atoms with E-state index in [0.29, 0.717) is 41.7 Å². The Hall–Kier alpha value is -2.65. The molecule has 0 radical (unpaired) electrons. The van der Waals surface area contributed by atoms with Crippen LogP contribution in [0, 0.1) is 5.92 Å². The normalized spacial score (nSPS) is 18.4. The number of methoxy groups -OCH3 is 1. The molecular formula is C27H37ClN4O4. The molecule has 196 valence electrons. The van der Waals surface area contributed by atoms with Gasteiger partial charge >= 0.3 is 0 Å². The average Bonchev–Trinajstić information content (AvgIpc) is 2.85. The number of aliphatic hydroxyl groups is 1. The Morgan fingerprint density at radius 3 is 2.50 bits per heavy atom. The molecule has 2 amide bonds. The number of nitrogens with zero attached hydrogens (tertiary/aromatic N) is 2. The molecule has 0 saturated carbocycles. The average molecular weight is 517 g/mol. The van der Waals surface area contributed by atoms with Crippen LogP contribution in [0.2, 0.25) is 5.02 Å². The third kappa shape index (κ3) is 6.76. The fraction of sp³-hybridized carbons (Fsp3) is 0.481. The number of halogens is 1. The van der Waals surface area contributed by atoms with Crippen LogP contribution in [0.5, 0.6) is 5.75 Å². The standard InChI is InChI=1S/C27H37ClN4O4/c1-5-18(26(35)30-19-10-12-20(36-4)13-11-19)14-24(33)22(29)15-31-16-25(34)32(17-27(31,2)3)23-9-7-6-8-21(23)28/h6-13,18,22,24,33H,5,14-17,29H2,1-4H3,(H,30,35)/t18-,22+,24+/m1/s1. The Labute approximate surface area is 218 Å². The fourth-order valence-corrected chi connectivity index (χ4v) is 4.70. The van der Waals surface area contributed by atoms with Crippen LogP contribution in [0.1, 0.15) is 33.6 Å². The van der Waals surface area contributed by atoms with Crippen LogP contribution < -0.4 is 20.7 Å². The minimum atomic E-state index is -0.899. The van der Waals surface area contributed by atoms with Crippen molar-refractivity contribution < 1.29 is 19.4 Å². The van der Waals surface area contributed by atoms with Crippen molar-refractivity contribution in [1.29, 1.82) is 0 Å². The Kier molecular flexibility index (Phi) is 9.35. The molecule has 2 aromatic rings. The summed E-state index contributed by atoms with van der Waals surface area (Å²) < 4.78 is 5.15. The molecule has 2 aromatic carbocycles. The summed E-state index contributed by atoms with van der Waals surface area (Å²) in [4.78, 5) is 29.5. The van der Waals surface area contributed by atoms with E-state index < -0.39 is 18.1 Å². The largest absolute Gasteiger partial charge is 0.497 e. The van der Waals surface area contributed by atoms with Crippen molar-refractivity contribution in [2.24, 2.45) is 11.7 Å². The molecule has 1 heterocycles. The smallest absolute Gasteiger partial charge is 0.241 e. The number of hydrogen-bond acceptors (Lipinski definition) is 6. The van der Waals surface area contributed by atoms with Crippen molar-refractivity contribution in [2.75, 3.05) is 37.0 Å². The number of nitrogens with two attached hydrogens (primary N) is 1. The second kappa shape index (κ2) is 12.1. The minimum absolute atomic E-state index is 0.0746. The van der Waals surface area contributed by atoms with Gasteiger partial charge in [0, 0.05) is 36.3 Å². The highest BCUT2D eigenvalue weighted by Crippen LogP contribution is 2.31. The number of aliphatic hydroxyl groups excluding tert-OH is 1. The van der Waals surface area contributed by atoms with Crippen LogP contribution in [0.15, 0.2) is 48.5 Å². The molecule has 0 spiro atoms. The van der Waals surface area contributed by atoms with Crippen molar-refractivity contribution in [3.63, 3.8) is 0 Å². The van der Waals surface area contributed by atoms with Gasteiger partial charge in [-0.1, -0.05) is 30.7 Å². The first-order valence-electron chi connectivity index (χ1n) is 12.2. The highest BCUT2D eigenvalue weighted by atomic mass is 35.5. The number of benzene rings is 2. The lowest BCUT2D eigenvalue weighted by atomic mass is 9.92. The molecule has 1 fully saturated rings. The topological polar surface area (TPSA) is 108 Å². The highest BCUT2D eigenvalue weighted by molar-refractivity contribution is 6.33. The maximum atomic E-state index is 13.0. The zero-order chi connectivity index (χ0) is 26.5. The summed E-state index contributed by atoms with van der Waals surface area (Å²) in [5.74, 6) is 0.0580. The molecule has 9 heteroatoms. The quantitative estimate of drug-likeness (QED) is 0.446. The molecule has 0 aliphatic carbocycles. The molecule has 0 aromatic heterocycles. The van der Waals surface area contributed by atoms with E-state index in [4.69, 9.17) is 22.1 Å². The maximum Gasteiger partial charge on any atom is 0.241 e. The van der Waals surface area contributed by atoms with Gasteiger partial charge in [-0.15, -0.1) is 0 Å². The van der Waals surface area contributed by atoms with Gasteiger partial charge < -0.3 is 25.8 Å². The highest BCUT2D eigenvalue weighted by Gasteiger charge is 2.40. The molecule has 0 unspecified atom stereocenters.